The Morgan fingerprint density at radius 2 is 1.48 bits per heavy atom. The molecule has 5 rings (SSSR count). The van der Waals surface area contributed by atoms with E-state index in [-0.39, 0.29) is 27.8 Å². The standard InChI is InChI=1S/C30H37N7O4S2Si/c1-30(2,3)44(4,5)38-16-21-23(40-28(42)35-19-12-8-6-9-13-19)24(41-29(43)36-20-14-10-7-11-15-20)27(39-21)37-18-34-22-25(31)32-17-33-26(22)37/h6-15,17-18,21,23-24,27H,16H2,1-5H3,(H,35,42)(H,36,43)(H2,31,32,33)/t21-,23-,24-,27-/m1/s1. The van der Waals surface area contributed by atoms with Crippen LogP contribution in [0.15, 0.2) is 73.3 Å². The van der Waals surface area contributed by atoms with Crippen LogP contribution in [0.4, 0.5) is 17.2 Å². The summed E-state index contributed by atoms with van der Waals surface area (Å²) in [5, 5.41) is 6.56. The molecule has 0 aliphatic carbocycles. The van der Waals surface area contributed by atoms with Gasteiger partial charge in [-0.05, 0) is 66.8 Å². The molecule has 44 heavy (non-hydrogen) atoms. The third-order valence-electron chi connectivity index (χ3n) is 7.89. The first-order chi connectivity index (χ1) is 20.9. The molecule has 3 heterocycles. The van der Waals surface area contributed by atoms with E-state index in [0.717, 1.165) is 11.4 Å². The Morgan fingerprint density at radius 3 is 2.05 bits per heavy atom. The molecule has 4 N–H and O–H groups in total. The van der Waals surface area contributed by atoms with Crippen LogP contribution in [0.1, 0.15) is 27.0 Å². The summed E-state index contributed by atoms with van der Waals surface area (Å²) >= 11 is 11.3. The van der Waals surface area contributed by atoms with Crippen LogP contribution in [0.2, 0.25) is 18.1 Å². The fourth-order valence-electron chi connectivity index (χ4n) is 4.48. The minimum absolute atomic E-state index is 0.0163. The van der Waals surface area contributed by atoms with Gasteiger partial charge in [0.05, 0.1) is 12.9 Å². The summed E-state index contributed by atoms with van der Waals surface area (Å²) in [5.41, 5.74) is 8.59. The number of nitrogens with zero attached hydrogens (tertiary/aromatic N) is 4. The molecule has 1 fully saturated rings. The van der Waals surface area contributed by atoms with Gasteiger partial charge in [0, 0.05) is 11.4 Å². The van der Waals surface area contributed by atoms with Gasteiger partial charge < -0.3 is 35.0 Å². The zero-order chi connectivity index (χ0) is 31.5. The van der Waals surface area contributed by atoms with Crippen molar-refractivity contribution in [2.45, 2.75) is 63.4 Å². The number of fused-ring (bicyclic) bond motifs is 1. The summed E-state index contributed by atoms with van der Waals surface area (Å²) in [6.07, 6.45) is 0.0800. The number of nitrogens with one attached hydrogen (secondary N) is 2. The average Bonchev–Trinajstić information content (AvgIpc) is 3.54. The van der Waals surface area contributed by atoms with Crippen LogP contribution in [0.25, 0.3) is 11.2 Å². The van der Waals surface area contributed by atoms with Crippen molar-refractivity contribution in [1.29, 1.82) is 0 Å². The Balaban J connectivity index is 1.50. The van der Waals surface area contributed by atoms with Crippen LogP contribution in [0.3, 0.4) is 0 Å². The first-order valence-corrected chi connectivity index (χ1v) is 17.9. The summed E-state index contributed by atoms with van der Waals surface area (Å²) in [6.45, 7) is 11.2. The van der Waals surface area contributed by atoms with Crippen molar-refractivity contribution < 1.29 is 18.6 Å². The highest BCUT2D eigenvalue weighted by molar-refractivity contribution is 7.80. The van der Waals surface area contributed by atoms with Gasteiger partial charge in [0.25, 0.3) is 10.3 Å². The Hall–Kier alpha value is -3.69. The molecular formula is C30H37N7O4S2Si. The van der Waals surface area contributed by atoms with E-state index in [2.05, 4.69) is 59.5 Å². The number of nitrogen functional groups attached to an aromatic ring is 1. The minimum Gasteiger partial charge on any atom is -0.460 e. The van der Waals surface area contributed by atoms with E-state index in [1.807, 2.05) is 60.7 Å². The Kier molecular flexibility index (Phi) is 9.46. The Bertz CT molecular complexity index is 1600. The number of ether oxygens (including phenoxy) is 3. The number of thiocarbonyl (C=S) groups is 2. The molecule has 0 radical (unpaired) electrons. The lowest BCUT2D eigenvalue weighted by molar-refractivity contribution is -0.0465. The van der Waals surface area contributed by atoms with Crippen molar-refractivity contribution in [2.75, 3.05) is 23.0 Å². The van der Waals surface area contributed by atoms with Crippen LogP contribution < -0.4 is 16.4 Å². The molecule has 0 bridgehead atoms. The molecule has 2 aromatic heterocycles. The van der Waals surface area contributed by atoms with Crippen LogP contribution in [0.5, 0.6) is 0 Å². The summed E-state index contributed by atoms with van der Waals surface area (Å²) in [5.74, 6) is 0.254. The molecule has 0 unspecified atom stereocenters. The predicted octanol–water partition coefficient (Wildman–Crippen LogP) is 5.89. The highest BCUT2D eigenvalue weighted by Gasteiger charge is 2.51. The quantitative estimate of drug-likeness (QED) is 0.155. The van der Waals surface area contributed by atoms with Gasteiger partial charge in [-0.1, -0.05) is 57.2 Å². The van der Waals surface area contributed by atoms with Crippen LogP contribution in [-0.4, -0.2) is 63.1 Å². The molecule has 11 nitrogen and oxygen atoms in total. The highest BCUT2D eigenvalue weighted by Crippen LogP contribution is 2.40. The molecule has 4 aromatic rings. The van der Waals surface area contributed by atoms with Gasteiger partial charge in [-0.25, -0.2) is 15.0 Å². The summed E-state index contributed by atoms with van der Waals surface area (Å²) < 4.78 is 27.9. The van der Waals surface area contributed by atoms with Gasteiger partial charge in [-0.3, -0.25) is 4.57 Å². The monoisotopic (exact) mass is 651 g/mol. The van der Waals surface area contributed by atoms with Gasteiger partial charge in [-0.2, -0.15) is 0 Å². The number of anilines is 3. The molecule has 1 saturated heterocycles. The molecule has 2 aromatic carbocycles. The van der Waals surface area contributed by atoms with E-state index >= 15 is 0 Å². The maximum absolute atomic E-state index is 6.68. The van der Waals surface area contributed by atoms with Gasteiger partial charge in [0.1, 0.15) is 17.9 Å². The van der Waals surface area contributed by atoms with Crippen LogP contribution in [-0.2, 0) is 18.6 Å². The number of aromatic nitrogens is 4. The largest absolute Gasteiger partial charge is 0.460 e. The van der Waals surface area contributed by atoms with Gasteiger partial charge >= 0.3 is 0 Å². The average molecular weight is 652 g/mol. The third kappa shape index (κ3) is 7.16. The molecule has 1 aliphatic heterocycles. The molecule has 0 spiro atoms. The van der Waals surface area contributed by atoms with E-state index in [4.69, 9.17) is 48.8 Å². The third-order valence-corrected chi connectivity index (χ3v) is 12.8. The van der Waals surface area contributed by atoms with Crippen molar-refractivity contribution >= 4 is 71.5 Å². The topological polar surface area (TPSA) is 131 Å². The van der Waals surface area contributed by atoms with Crippen molar-refractivity contribution in [3.8, 4) is 0 Å². The normalized spacial score (nSPS) is 20.3. The molecule has 0 saturated carbocycles. The van der Waals surface area contributed by atoms with E-state index < -0.39 is 32.9 Å². The smallest absolute Gasteiger partial charge is 0.261 e. The number of nitrogens with two attached hydrogens (primary N) is 1. The first-order valence-electron chi connectivity index (χ1n) is 14.2. The van der Waals surface area contributed by atoms with E-state index in [9.17, 15) is 0 Å². The van der Waals surface area contributed by atoms with Gasteiger partial charge in [0.15, 0.2) is 38.2 Å². The molecule has 1 aliphatic rings. The molecular weight excluding hydrogens is 615 g/mol. The predicted molar refractivity (Wildman–Crippen MR) is 182 cm³/mol. The summed E-state index contributed by atoms with van der Waals surface area (Å²) in [7, 11) is -2.17. The van der Waals surface area contributed by atoms with Gasteiger partial charge in [-0.15, -0.1) is 0 Å². The van der Waals surface area contributed by atoms with Crippen LogP contribution >= 0.6 is 24.4 Å². The van der Waals surface area contributed by atoms with E-state index in [0.29, 0.717) is 11.2 Å². The maximum Gasteiger partial charge on any atom is 0.261 e. The lowest BCUT2D eigenvalue weighted by atomic mass is 10.1. The molecule has 14 heteroatoms. The van der Waals surface area contributed by atoms with Crippen molar-refractivity contribution in [1.82, 2.24) is 19.5 Å². The second-order valence-electron chi connectivity index (χ2n) is 11.9. The zero-order valence-electron chi connectivity index (χ0n) is 25.3. The Morgan fingerprint density at radius 1 is 0.909 bits per heavy atom. The number of para-hydroxylation sites is 2. The molecule has 0 amide bonds. The van der Waals surface area contributed by atoms with E-state index in [1.165, 1.54) is 6.33 Å². The summed E-state index contributed by atoms with van der Waals surface area (Å²) in [4.78, 5) is 13.0. The molecule has 4 atom stereocenters. The lowest BCUT2D eigenvalue weighted by Gasteiger charge is -2.37. The number of imidazole rings is 1. The van der Waals surface area contributed by atoms with E-state index in [1.54, 1.807) is 10.9 Å². The maximum atomic E-state index is 6.68. The second-order valence-corrected chi connectivity index (χ2v) is 17.5. The van der Waals surface area contributed by atoms with Crippen molar-refractivity contribution in [3.63, 3.8) is 0 Å². The minimum atomic E-state index is -2.17. The Labute approximate surface area is 268 Å². The fourth-order valence-corrected chi connectivity index (χ4v) is 5.95. The highest BCUT2D eigenvalue weighted by atomic mass is 32.1. The number of hydrogen-bond donors (Lipinski definition) is 3. The number of rotatable bonds is 8. The van der Waals surface area contributed by atoms with Gasteiger partial charge in [0.2, 0.25) is 0 Å². The first kappa shape index (κ1) is 31.7. The lowest BCUT2D eigenvalue weighted by Crippen LogP contribution is -2.46. The zero-order valence-corrected chi connectivity index (χ0v) is 27.9. The van der Waals surface area contributed by atoms with Crippen LogP contribution in [0, 0.1) is 0 Å². The fraction of sp³-hybridized carbons (Fsp3) is 0.367. The second kappa shape index (κ2) is 13.1. The summed E-state index contributed by atoms with van der Waals surface area (Å²) in [6, 6.07) is 19.1. The number of benzene rings is 2. The molecule has 232 valence electrons. The SMILES string of the molecule is CC(C)(C)[Si](C)(C)OC[C@H]1O[C@@H](n2cnc3c(N)ncnc32)[C@H](OC(=S)Nc2ccccc2)[C@@H]1OC(=S)Nc1ccccc1. The number of hydrogen-bond acceptors (Lipinski definition) is 10. The van der Waals surface area contributed by atoms with Crippen molar-refractivity contribution in [2.24, 2.45) is 0 Å². The van der Waals surface area contributed by atoms with Crippen molar-refractivity contribution in [3.05, 3.63) is 73.3 Å².